The highest BCUT2D eigenvalue weighted by molar-refractivity contribution is 5.81. The van der Waals surface area contributed by atoms with E-state index in [1.54, 1.807) is 0 Å². The van der Waals surface area contributed by atoms with E-state index in [0.717, 1.165) is 19.3 Å². The minimum absolute atomic E-state index is 0.125. The molecule has 0 N–H and O–H groups in total. The number of hydrogen-bond acceptors (Lipinski definition) is 2. The van der Waals surface area contributed by atoms with Crippen LogP contribution in [0.25, 0.3) is 0 Å². The van der Waals surface area contributed by atoms with Crippen LogP contribution in [-0.2, 0) is 9.59 Å². The lowest BCUT2D eigenvalue weighted by atomic mass is 9.94. The molecular weight excluding hydrogens is 188 g/mol. The van der Waals surface area contributed by atoms with Gasteiger partial charge in [0, 0.05) is 24.7 Å². The standard InChI is InChI=1S/C13H24O2/c1-5-10(3)13(15)9-7-8-11(4)12(14)6-2/h10-11H,5-9H2,1-4H3. The number of rotatable bonds is 8. The summed E-state index contributed by atoms with van der Waals surface area (Å²) < 4.78 is 0. The van der Waals surface area contributed by atoms with Gasteiger partial charge in [-0.1, -0.05) is 27.7 Å². The molecule has 0 fully saturated rings. The maximum absolute atomic E-state index is 11.5. The van der Waals surface area contributed by atoms with Gasteiger partial charge in [0.25, 0.3) is 0 Å². The second kappa shape index (κ2) is 7.61. The Hall–Kier alpha value is -0.660. The lowest BCUT2D eigenvalue weighted by molar-refractivity contribution is -0.124. The van der Waals surface area contributed by atoms with Gasteiger partial charge in [-0.15, -0.1) is 0 Å². The summed E-state index contributed by atoms with van der Waals surface area (Å²) in [4.78, 5) is 22.8. The summed E-state index contributed by atoms with van der Waals surface area (Å²) in [6.07, 6.45) is 3.88. The zero-order valence-electron chi connectivity index (χ0n) is 10.5. The molecule has 2 atom stereocenters. The fourth-order valence-electron chi connectivity index (χ4n) is 1.57. The lowest BCUT2D eigenvalue weighted by Gasteiger charge is -2.10. The van der Waals surface area contributed by atoms with Crippen molar-refractivity contribution in [2.45, 2.75) is 59.8 Å². The maximum Gasteiger partial charge on any atom is 0.135 e. The minimum atomic E-state index is 0.125. The topological polar surface area (TPSA) is 34.1 Å². The van der Waals surface area contributed by atoms with E-state index < -0.39 is 0 Å². The Balaban J connectivity index is 3.70. The van der Waals surface area contributed by atoms with E-state index in [1.165, 1.54) is 0 Å². The third kappa shape index (κ3) is 5.71. The molecule has 2 heteroatoms. The molecule has 0 amide bonds. The Morgan fingerprint density at radius 3 is 2.07 bits per heavy atom. The average molecular weight is 212 g/mol. The molecule has 15 heavy (non-hydrogen) atoms. The molecular formula is C13H24O2. The first kappa shape index (κ1) is 14.3. The number of carbonyl (C=O) groups excluding carboxylic acids is 2. The van der Waals surface area contributed by atoms with Crippen molar-refractivity contribution in [1.29, 1.82) is 0 Å². The Morgan fingerprint density at radius 2 is 1.60 bits per heavy atom. The Labute approximate surface area is 93.4 Å². The molecule has 0 rings (SSSR count). The molecule has 2 nitrogen and oxygen atoms in total. The van der Waals surface area contributed by atoms with E-state index in [9.17, 15) is 9.59 Å². The van der Waals surface area contributed by atoms with Gasteiger partial charge in [-0.2, -0.15) is 0 Å². The Bertz CT molecular complexity index is 209. The Kier molecular flexibility index (Phi) is 7.27. The van der Waals surface area contributed by atoms with E-state index in [2.05, 4.69) is 0 Å². The van der Waals surface area contributed by atoms with Crippen molar-refractivity contribution in [2.24, 2.45) is 11.8 Å². The fraction of sp³-hybridized carbons (Fsp3) is 0.846. The number of carbonyl (C=O) groups is 2. The lowest BCUT2D eigenvalue weighted by Crippen LogP contribution is -2.12. The van der Waals surface area contributed by atoms with Crippen LogP contribution in [0.5, 0.6) is 0 Å². The molecule has 0 aliphatic heterocycles. The minimum Gasteiger partial charge on any atom is -0.299 e. The van der Waals surface area contributed by atoms with Crippen molar-refractivity contribution in [3.05, 3.63) is 0 Å². The highest BCUT2D eigenvalue weighted by Crippen LogP contribution is 2.13. The van der Waals surface area contributed by atoms with Crippen LogP contribution in [0.2, 0.25) is 0 Å². The van der Waals surface area contributed by atoms with E-state index in [1.807, 2.05) is 27.7 Å². The first-order chi connectivity index (χ1) is 7.02. The van der Waals surface area contributed by atoms with Gasteiger partial charge in [-0.05, 0) is 19.3 Å². The summed E-state index contributed by atoms with van der Waals surface area (Å²) >= 11 is 0. The van der Waals surface area contributed by atoms with Crippen molar-refractivity contribution in [2.75, 3.05) is 0 Å². The zero-order chi connectivity index (χ0) is 11.8. The van der Waals surface area contributed by atoms with Crippen LogP contribution < -0.4 is 0 Å². The first-order valence-electron chi connectivity index (χ1n) is 6.08. The second-order valence-corrected chi connectivity index (χ2v) is 4.39. The molecule has 0 aliphatic carbocycles. The molecule has 0 heterocycles. The van der Waals surface area contributed by atoms with Crippen LogP contribution in [0.3, 0.4) is 0 Å². The fourth-order valence-corrected chi connectivity index (χ4v) is 1.57. The van der Waals surface area contributed by atoms with Gasteiger partial charge in [0.15, 0.2) is 0 Å². The average Bonchev–Trinajstić information content (AvgIpc) is 2.26. The second-order valence-electron chi connectivity index (χ2n) is 4.39. The highest BCUT2D eigenvalue weighted by atomic mass is 16.1. The molecule has 0 saturated carbocycles. The van der Waals surface area contributed by atoms with Gasteiger partial charge < -0.3 is 0 Å². The van der Waals surface area contributed by atoms with Gasteiger partial charge in [0.05, 0.1) is 0 Å². The zero-order valence-corrected chi connectivity index (χ0v) is 10.5. The van der Waals surface area contributed by atoms with Crippen molar-refractivity contribution >= 4 is 11.6 Å². The molecule has 88 valence electrons. The summed E-state index contributed by atoms with van der Waals surface area (Å²) in [5.74, 6) is 0.960. The van der Waals surface area contributed by atoms with E-state index in [-0.39, 0.29) is 11.8 Å². The van der Waals surface area contributed by atoms with Gasteiger partial charge in [0.1, 0.15) is 11.6 Å². The Morgan fingerprint density at radius 1 is 1.00 bits per heavy atom. The molecule has 2 unspecified atom stereocenters. The summed E-state index contributed by atoms with van der Waals surface area (Å²) in [6.45, 7) is 7.86. The molecule has 0 aromatic rings. The van der Waals surface area contributed by atoms with Crippen LogP contribution >= 0.6 is 0 Å². The molecule has 0 radical (unpaired) electrons. The summed E-state index contributed by atoms with van der Waals surface area (Å²) in [5.41, 5.74) is 0. The third-order valence-electron chi connectivity index (χ3n) is 3.12. The van der Waals surface area contributed by atoms with Crippen LogP contribution in [0, 0.1) is 11.8 Å². The van der Waals surface area contributed by atoms with Gasteiger partial charge in [-0.25, -0.2) is 0 Å². The molecule has 0 bridgehead atoms. The van der Waals surface area contributed by atoms with E-state index in [0.29, 0.717) is 24.4 Å². The first-order valence-corrected chi connectivity index (χ1v) is 6.08. The summed E-state index contributed by atoms with van der Waals surface area (Å²) in [7, 11) is 0. The normalized spacial score (nSPS) is 14.7. The maximum atomic E-state index is 11.5. The summed E-state index contributed by atoms with van der Waals surface area (Å²) in [5, 5.41) is 0. The van der Waals surface area contributed by atoms with E-state index in [4.69, 9.17) is 0 Å². The van der Waals surface area contributed by atoms with Crippen molar-refractivity contribution in [3.63, 3.8) is 0 Å². The molecule has 0 saturated heterocycles. The highest BCUT2D eigenvalue weighted by Gasteiger charge is 2.13. The largest absolute Gasteiger partial charge is 0.299 e. The van der Waals surface area contributed by atoms with Crippen molar-refractivity contribution in [3.8, 4) is 0 Å². The number of Topliss-reactive ketones (excluding diaryl/α,β-unsaturated/α-hetero) is 2. The van der Waals surface area contributed by atoms with Gasteiger partial charge in [-0.3, -0.25) is 9.59 Å². The summed E-state index contributed by atoms with van der Waals surface area (Å²) in [6, 6.07) is 0. The monoisotopic (exact) mass is 212 g/mol. The molecule has 0 spiro atoms. The quantitative estimate of drug-likeness (QED) is 0.618. The molecule has 0 aromatic heterocycles. The molecule has 0 aliphatic rings. The molecule has 0 aromatic carbocycles. The predicted molar refractivity (Wildman–Crippen MR) is 62.8 cm³/mol. The van der Waals surface area contributed by atoms with Crippen molar-refractivity contribution in [1.82, 2.24) is 0 Å². The van der Waals surface area contributed by atoms with Crippen LogP contribution in [0.15, 0.2) is 0 Å². The van der Waals surface area contributed by atoms with Gasteiger partial charge in [0.2, 0.25) is 0 Å². The SMILES string of the molecule is CCC(=O)C(C)CCCC(=O)C(C)CC. The van der Waals surface area contributed by atoms with Gasteiger partial charge >= 0.3 is 0 Å². The van der Waals surface area contributed by atoms with Crippen LogP contribution in [-0.4, -0.2) is 11.6 Å². The van der Waals surface area contributed by atoms with Crippen molar-refractivity contribution < 1.29 is 9.59 Å². The van der Waals surface area contributed by atoms with E-state index >= 15 is 0 Å². The predicted octanol–water partition coefficient (Wildman–Crippen LogP) is 3.39. The smallest absolute Gasteiger partial charge is 0.135 e. The third-order valence-corrected chi connectivity index (χ3v) is 3.12. The number of ketones is 2. The van der Waals surface area contributed by atoms with Crippen LogP contribution in [0.4, 0.5) is 0 Å². The number of hydrogen-bond donors (Lipinski definition) is 0. The van der Waals surface area contributed by atoms with Crippen LogP contribution in [0.1, 0.15) is 59.8 Å².